The Morgan fingerprint density at radius 2 is 1.82 bits per heavy atom. The minimum Gasteiger partial charge on any atom is -0.494 e. The van der Waals surface area contributed by atoms with Gasteiger partial charge in [-0.1, -0.05) is 36.4 Å². The van der Waals surface area contributed by atoms with Crippen LogP contribution in [0.1, 0.15) is 29.4 Å². The minimum absolute atomic E-state index is 0.133. The third-order valence-electron chi connectivity index (χ3n) is 6.59. The maximum absolute atomic E-state index is 13.1. The van der Waals surface area contributed by atoms with Crippen LogP contribution in [0.15, 0.2) is 77.6 Å². The first-order chi connectivity index (χ1) is 19.1. The molecule has 0 aliphatic carbocycles. The van der Waals surface area contributed by atoms with E-state index in [4.69, 9.17) is 14.2 Å². The van der Waals surface area contributed by atoms with Crippen molar-refractivity contribution >= 4 is 10.9 Å². The van der Waals surface area contributed by atoms with Gasteiger partial charge in [-0.3, -0.25) is 9.69 Å². The van der Waals surface area contributed by atoms with Gasteiger partial charge >= 0.3 is 0 Å². The Morgan fingerprint density at radius 1 is 0.949 bits per heavy atom. The average molecular weight is 525 g/mol. The van der Waals surface area contributed by atoms with Gasteiger partial charge in [0.1, 0.15) is 5.75 Å². The molecule has 0 saturated heterocycles. The first-order valence-corrected chi connectivity index (χ1v) is 12.8. The molecule has 10 heteroatoms. The maximum Gasteiger partial charge on any atom is 0.252 e. The molecule has 0 unspecified atom stereocenters. The smallest absolute Gasteiger partial charge is 0.252 e. The number of benzene rings is 3. The molecule has 0 saturated carbocycles. The number of rotatable bonds is 10. The van der Waals surface area contributed by atoms with Crippen molar-refractivity contribution in [1.29, 1.82) is 0 Å². The lowest BCUT2D eigenvalue weighted by Gasteiger charge is -2.22. The highest BCUT2D eigenvalue weighted by molar-refractivity contribution is 5.80. The molecule has 0 fully saturated rings. The molecule has 3 heterocycles. The number of H-pyrrole nitrogens is 1. The molecular weight excluding hydrogens is 496 g/mol. The van der Waals surface area contributed by atoms with E-state index in [0.717, 1.165) is 33.5 Å². The number of tetrazole rings is 1. The molecule has 1 aliphatic rings. The molecule has 198 valence electrons. The molecule has 0 amide bonds. The van der Waals surface area contributed by atoms with Crippen LogP contribution in [0.25, 0.3) is 10.9 Å². The van der Waals surface area contributed by atoms with Crippen molar-refractivity contribution in [3.63, 3.8) is 0 Å². The van der Waals surface area contributed by atoms with Gasteiger partial charge in [0, 0.05) is 29.6 Å². The molecule has 0 radical (unpaired) electrons. The fourth-order valence-corrected chi connectivity index (χ4v) is 4.73. The van der Waals surface area contributed by atoms with Crippen molar-refractivity contribution < 1.29 is 14.2 Å². The predicted octanol–water partition coefficient (Wildman–Crippen LogP) is 3.89. The van der Waals surface area contributed by atoms with Crippen LogP contribution in [0.3, 0.4) is 0 Å². The van der Waals surface area contributed by atoms with Crippen LogP contribution in [-0.4, -0.2) is 43.5 Å². The molecule has 10 nitrogen and oxygen atoms in total. The summed E-state index contributed by atoms with van der Waals surface area (Å²) in [6, 6.07) is 23.5. The maximum atomic E-state index is 13.1. The Labute approximate surface area is 224 Å². The predicted molar refractivity (Wildman–Crippen MR) is 145 cm³/mol. The van der Waals surface area contributed by atoms with Gasteiger partial charge in [-0.25, -0.2) is 4.68 Å². The first kappa shape index (κ1) is 24.6. The van der Waals surface area contributed by atoms with Crippen LogP contribution in [0.2, 0.25) is 0 Å². The number of hydrogen-bond acceptors (Lipinski definition) is 8. The molecule has 0 bridgehead atoms. The SMILES string of the molecule is CCOc1ccc2[nH]c(=O)c(CN(Cc3ccc4c(c3)OCO4)Cc3nnnn3Cc3ccccc3)cc2c1. The van der Waals surface area contributed by atoms with E-state index in [1.807, 2.05) is 79.7 Å². The fourth-order valence-electron chi connectivity index (χ4n) is 4.73. The second kappa shape index (κ2) is 11.0. The second-order valence-electron chi connectivity index (χ2n) is 9.38. The van der Waals surface area contributed by atoms with Crippen LogP contribution in [-0.2, 0) is 26.2 Å². The number of hydrogen-bond donors (Lipinski definition) is 1. The third-order valence-corrected chi connectivity index (χ3v) is 6.59. The molecule has 6 rings (SSSR count). The second-order valence-corrected chi connectivity index (χ2v) is 9.38. The number of aromatic nitrogens is 5. The molecular formula is C29H28N6O4. The molecule has 39 heavy (non-hydrogen) atoms. The van der Waals surface area contributed by atoms with Crippen LogP contribution in [0.4, 0.5) is 0 Å². The molecule has 1 aliphatic heterocycles. The Balaban J connectivity index is 1.31. The van der Waals surface area contributed by atoms with Gasteiger partial charge in [0.25, 0.3) is 5.56 Å². The van der Waals surface area contributed by atoms with Crippen LogP contribution < -0.4 is 19.8 Å². The molecule has 2 aromatic heterocycles. The third kappa shape index (κ3) is 5.60. The Morgan fingerprint density at radius 3 is 2.69 bits per heavy atom. The van der Waals surface area contributed by atoms with E-state index >= 15 is 0 Å². The largest absolute Gasteiger partial charge is 0.494 e. The standard InChI is InChI=1S/C29H28N6O4/c1-2-37-24-9-10-25-22(14-24)13-23(29(36)30-25)17-34(15-21-8-11-26-27(12-21)39-19-38-26)18-28-31-32-33-35(28)16-20-6-4-3-5-7-20/h3-14H,2,15-19H2,1H3,(H,30,36). The lowest BCUT2D eigenvalue weighted by Crippen LogP contribution is -2.28. The summed E-state index contributed by atoms with van der Waals surface area (Å²) in [6.45, 7) is 4.65. The number of ether oxygens (including phenoxy) is 3. The van der Waals surface area contributed by atoms with E-state index in [-0.39, 0.29) is 12.4 Å². The van der Waals surface area contributed by atoms with Gasteiger partial charge in [-0.2, -0.15) is 0 Å². The molecule has 0 spiro atoms. The Hall–Kier alpha value is -4.70. The normalized spacial score (nSPS) is 12.4. The number of pyridine rings is 1. The first-order valence-electron chi connectivity index (χ1n) is 12.8. The quantitative estimate of drug-likeness (QED) is 0.293. The lowest BCUT2D eigenvalue weighted by molar-refractivity contribution is 0.174. The van der Waals surface area contributed by atoms with Gasteiger partial charge < -0.3 is 19.2 Å². The summed E-state index contributed by atoms with van der Waals surface area (Å²) in [6.07, 6.45) is 0. The highest BCUT2D eigenvalue weighted by atomic mass is 16.7. The van der Waals surface area contributed by atoms with Crippen molar-refractivity contribution in [3.05, 3.63) is 106 Å². The van der Waals surface area contributed by atoms with E-state index in [1.54, 1.807) is 4.68 Å². The summed E-state index contributed by atoms with van der Waals surface area (Å²) >= 11 is 0. The number of aromatic amines is 1. The van der Waals surface area contributed by atoms with Crippen molar-refractivity contribution in [2.45, 2.75) is 33.1 Å². The molecule has 1 N–H and O–H groups in total. The zero-order chi connectivity index (χ0) is 26.6. The average Bonchev–Trinajstić information content (AvgIpc) is 3.59. The van der Waals surface area contributed by atoms with Gasteiger partial charge in [0.15, 0.2) is 17.3 Å². The van der Waals surface area contributed by atoms with Crippen molar-refractivity contribution in [3.8, 4) is 17.2 Å². The monoisotopic (exact) mass is 524 g/mol. The minimum atomic E-state index is -0.133. The topological polar surface area (TPSA) is 107 Å². The number of nitrogens with zero attached hydrogens (tertiary/aromatic N) is 5. The zero-order valence-corrected chi connectivity index (χ0v) is 21.5. The fraction of sp³-hybridized carbons (Fsp3) is 0.241. The summed E-state index contributed by atoms with van der Waals surface area (Å²) in [4.78, 5) is 18.3. The van der Waals surface area contributed by atoms with E-state index in [1.165, 1.54) is 0 Å². The van der Waals surface area contributed by atoms with E-state index in [2.05, 4.69) is 25.4 Å². The van der Waals surface area contributed by atoms with Crippen molar-refractivity contribution in [2.24, 2.45) is 0 Å². The highest BCUT2D eigenvalue weighted by Gasteiger charge is 2.19. The highest BCUT2D eigenvalue weighted by Crippen LogP contribution is 2.33. The van der Waals surface area contributed by atoms with Gasteiger partial charge in [-0.15, -0.1) is 5.10 Å². The van der Waals surface area contributed by atoms with E-state index in [0.29, 0.717) is 49.9 Å². The molecule has 3 aromatic carbocycles. The summed E-state index contributed by atoms with van der Waals surface area (Å²) in [5, 5.41) is 13.4. The van der Waals surface area contributed by atoms with Gasteiger partial charge in [0.2, 0.25) is 6.79 Å². The Kier molecular flexibility index (Phi) is 6.92. The van der Waals surface area contributed by atoms with Gasteiger partial charge in [0.05, 0.1) is 19.7 Å². The Bertz CT molecular complexity index is 1650. The summed E-state index contributed by atoms with van der Waals surface area (Å²) < 4.78 is 18.5. The lowest BCUT2D eigenvalue weighted by atomic mass is 10.1. The summed E-state index contributed by atoms with van der Waals surface area (Å²) in [5.41, 5.74) is 3.40. The van der Waals surface area contributed by atoms with Crippen molar-refractivity contribution in [2.75, 3.05) is 13.4 Å². The number of fused-ring (bicyclic) bond motifs is 2. The number of nitrogens with one attached hydrogen (secondary N) is 1. The van der Waals surface area contributed by atoms with Gasteiger partial charge in [-0.05, 0) is 64.9 Å². The summed E-state index contributed by atoms with van der Waals surface area (Å²) in [7, 11) is 0. The summed E-state index contributed by atoms with van der Waals surface area (Å²) in [5.74, 6) is 2.91. The van der Waals surface area contributed by atoms with Crippen LogP contribution in [0.5, 0.6) is 17.2 Å². The molecule has 0 atom stereocenters. The zero-order valence-electron chi connectivity index (χ0n) is 21.5. The van der Waals surface area contributed by atoms with Crippen molar-refractivity contribution in [1.82, 2.24) is 30.1 Å². The van der Waals surface area contributed by atoms with E-state index in [9.17, 15) is 4.79 Å². The van der Waals surface area contributed by atoms with E-state index < -0.39 is 0 Å². The molecule has 5 aromatic rings. The van der Waals surface area contributed by atoms with Crippen LogP contribution >= 0.6 is 0 Å². The van der Waals surface area contributed by atoms with Crippen LogP contribution in [0, 0.1) is 0 Å².